The van der Waals surface area contributed by atoms with Crippen molar-refractivity contribution in [3.63, 3.8) is 0 Å². The summed E-state index contributed by atoms with van der Waals surface area (Å²) in [6, 6.07) is 7.86. The summed E-state index contributed by atoms with van der Waals surface area (Å²) in [5, 5.41) is 2.42. The standard InChI is InChI=1S/C16H17F2IN2O4/c1-15(17)13(24-12(23)10-5-3-2-4-6-10)16(18,9-19)25-14(15)21-8-7-11(20)22/h2-8,13-14,21H,9H2,1H3,(H2,20,22)/b8-7-/t13?,14-,15-,16-/m1/s1. The fourth-order valence-corrected chi connectivity index (χ4v) is 2.98. The van der Waals surface area contributed by atoms with E-state index in [-0.39, 0.29) is 9.99 Å². The molecule has 0 bridgehead atoms. The van der Waals surface area contributed by atoms with Gasteiger partial charge in [-0.1, -0.05) is 40.8 Å². The topological polar surface area (TPSA) is 90.7 Å². The Labute approximate surface area is 156 Å². The van der Waals surface area contributed by atoms with Crippen LogP contribution in [0.15, 0.2) is 42.6 Å². The highest BCUT2D eigenvalue weighted by Crippen LogP contribution is 2.44. The fourth-order valence-electron chi connectivity index (χ4n) is 2.40. The van der Waals surface area contributed by atoms with Gasteiger partial charge < -0.3 is 20.5 Å². The first-order valence-electron chi connectivity index (χ1n) is 7.30. The second-order valence-corrected chi connectivity index (χ2v) is 6.39. The number of ether oxygens (including phenoxy) is 2. The maximum atomic E-state index is 15.2. The Morgan fingerprint density at radius 1 is 1.40 bits per heavy atom. The van der Waals surface area contributed by atoms with Crippen molar-refractivity contribution in [3.8, 4) is 0 Å². The molecule has 6 nitrogen and oxygen atoms in total. The van der Waals surface area contributed by atoms with Crippen LogP contribution >= 0.6 is 22.6 Å². The van der Waals surface area contributed by atoms with Gasteiger partial charge in [-0.2, -0.15) is 0 Å². The maximum Gasteiger partial charge on any atom is 0.338 e. The molecule has 9 heteroatoms. The van der Waals surface area contributed by atoms with E-state index in [1.165, 1.54) is 12.1 Å². The van der Waals surface area contributed by atoms with Crippen LogP contribution in [-0.4, -0.2) is 40.2 Å². The van der Waals surface area contributed by atoms with Crippen molar-refractivity contribution in [1.29, 1.82) is 0 Å². The molecular formula is C16H17F2IN2O4. The van der Waals surface area contributed by atoms with E-state index in [1.54, 1.807) is 40.8 Å². The van der Waals surface area contributed by atoms with E-state index >= 15 is 8.78 Å². The Balaban J connectivity index is 2.22. The number of rotatable bonds is 6. The van der Waals surface area contributed by atoms with Crippen LogP contribution in [-0.2, 0) is 14.3 Å². The Morgan fingerprint density at radius 2 is 2.04 bits per heavy atom. The number of esters is 1. The lowest BCUT2D eigenvalue weighted by atomic mass is 9.97. The Morgan fingerprint density at radius 3 is 2.60 bits per heavy atom. The van der Waals surface area contributed by atoms with Gasteiger partial charge in [0.2, 0.25) is 5.91 Å². The summed E-state index contributed by atoms with van der Waals surface area (Å²) in [7, 11) is 0. The van der Waals surface area contributed by atoms with E-state index in [0.29, 0.717) is 0 Å². The van der Waals surface area contributed by atoms with Crippen molar-refractivity contribution in [3.05, 3.63) is 48.2 Å². The van der Waals surface area contributed by atoms with Crippen LogP contribution in [0.25, 0.3) is 0 Å². The number of primary amides is 1. The lowest BCUT2D eigenvalue weighted by Crippen LogP contribution is -2.50. The van der Waals surface area contributed by atoms with Gasteiger partial charge >= 0.3 is 5.97 Å². The highest BCUT2D eigenvalue weighted by Gasteiger charge is 2.65. The van der Waals surface area contributed by atoms with E-state index in [2.05, 4.69) is 5.32 Å². The average Bonchev–Trinajstić information content (AvgIpc) is 2.76. The van der Waals surface area contributed by atoms with Gasteiger partial charge in [0, 0.05) is 12.3 Å². The molecule has 4 atom stereocenters. The first-order chi connectivity index (χ1) is 11.7. The summed E-state index contributed by atoms with van der Waals surface area (Å²) in [6.07, 6.45) is -1.28. The Kier molecular flexibility index (Phi) is 5.99. The number of carbonyl (C=O) groups excluding carboxylic acids is 2. The summed E-state index contributed by atoms with van der Waals surface area (Å²) in [5.41, 5.74) is 2.71. The highest BCUT2D eigenvalue weighted by molar-refractivity contribution is 14.1. The smallest absolute Gasteiger partial charge is 0.338 e. The lowest BCUT2D eigenvalue weighted by Gasteiger charge is -2.28. The molecule has 1 fully saturated rings. The molecule has 0 aromatic heterocycles. The molecule has 0 aliphatic carbocycles. The number of carbonyl (C=O) groups is 2. The lowest BCUT2D eigenvalue weighted by molar-refractivity contribution is -0.158. The van der Waals surface area contributed by atoms with Crippen molar-refractivity contribution >= 4 is 34.5 Å². The number of hydrogen-bond acceptors (Lipinski definition) is 5. The fraction of sp³-hybridized carbons (Fsp3) is 0.375. The number of nitrogens with two attached hydrogens (primary N) is 1. The highest BCUT2D eigenvalue weighted by atomic mass is 127. The van der Waals surface area contributed by atoms with Crippen LogP contribution in [0.1, 0.15) is 17.3 Å². The molecule has 0 radical (unpaired) electrons. The average molecular weight is 466 g/mol. The zero-order chi connectivity index (χ0) is 18.7. The van der Waals surface area contributed by atoms with Crippen molar-refractivity contribution in [2.75, 3.05) is 4.43 Å². The molecule has 1 aromatic carbocycles. The minimum atomic E-state index is -2.53. The molecule has 136 valence electrons. The van der Waals surface area contributed by atoms with Crippen molar-refractivity contribution in [1.82, 2.24) is 5.32 Å². The van der Waals surface area contributed by atoms with E-state index in [1.807, 2.05) is 0 Å². The van der Waals surface area contributed by atoms with Gasteiger partial charge in [0.1, 0.15) is 0 Å². The molecule has 1 aliphatic heterocycles. The summed E-state index contributed by atoms with van der Waals surface area (Å²) in [4.78, 5) is 22.9. The molecule has 25 heavy (non-hydrogen) atoms. The van der Waals surface area contributed by atoms with Gasteiger partial charge in [0.15, 0.2) is 18.0 Å². The predicted molar refractivity (Wildman–Crippen MR) is 94.2 cm³/mol. The SMILES string of the molecule is C[C@@]1(F)C(OC(=O)c2ccccc2)[C@@](F)(CI)O[C@H]1N/C=C\C(N)=O. The second kappa shape index (κ2) is 7.65. The molecule has 1 heterocycles. The van der Waals surface area contributed by atoms with Crippen LogP contribution in [0.3, 0.4) is 0 Å². The van der Waals surface area contributed by atoms with Crippen molar-refractivity contribution in [2.24, 2.45) is 5.73 Å². The van der Waals surface area contributed by atoms with E-state index in [0.717, 1.165) is 19.2 Å². The van der Waals surface area contributed by atoms with Crippen LogP contribution in [0, 0.1) is 0 Å². The third-order valence-electron chi connectivity index (χ3n) is 3.64. The van der Waals surface area contributed by atoms with Crippen LogP contribution in [0.2, 0.25) is 0 Å². The first kappa shape index (κ1) is 19.6. The monoisotopic (exact) mass is 466 g/mol. The minimum Gasteiger partial charge on any atom is -0.449 e. The normalized spacial score (nSPS) is 31.8. The molecule has 1 aromatic rings. The number of alkyl halides is 3. The van der Waals surface area contributed by atoms with Crippen LogP contribution < -0.4 is 11.1 Å². The molecule has 2 rings (SSSR count). The largest absolute Gasteiger partial charge is 0.449 e. The zero-order valence-corrected chi connectivity index (χ0v) is 15.4. The number of hydrogen-bond donors (Lipinski definition) is 2. The third-order valence-corrected chi connectivity index (χ3v) is 4.68. The summed E-state index contributed by atoms with van der Waals surface area (Å²) < 4.78 is 40.1. The molecule has 1 unspecified atom stereocenters. The molecule has 0 saturated carbocycles. The molecule has 1 amide bonds. The van der Waals surface area contributed by atoms with Gasteiger partial charge in [-0.15, -0.1) is 0 Å². The molecular weight excluding hydrogens is 449 g/mol. The molecule has 3 N–H and O–H groups in total. The Bertz CT molecular complexity index is 671. The van der Waals surface area contributed by atoms with E-state index < -0.39 is 35.7 Å². The van der Waals surface area contributed by atoms with Crippen LogP contribution in [0.5, 0.6) is 0 Å². The summed E-state index contributed by atoms with van der Waals surface area (Å²) >= 11 is 1.68. The van der Waals surface area contributed by atoms with Gasteiger partial charge in [0.05, 0.1) is 9.99 Å². The van der Waals surface area contributed by atoms with Gasteiger partial charge in [-0.3, -0.25) is 4.79 Å². The Hall–Kier alpha value is -1.75. The second-order valence-electron chi connectivity index (χ2n) is 5.62. The predicted octanol–water partition coefficient (Wildman–Crippen LogP) is 1.99. The third kappa shape index (κ3) is 4.27. The maximum absolute atomic E-state index is 15.2. The number of amides is 1. The van der Waals surface area contributed by atoms with Crippen LogP contribution in [0.4, 0.5) is 8.78 Å². The number of halogens is 3. The van der Waals surface area contributed by atoms with E-state index in [4.69, 9.17) is 15.2 Å². The van der Waals surface area contributed by atoms with Gasteiger partial charge in [-0.05, 0) is 19.1 Å². The molecule has 0 spiro atoms. The summed E-state index contributed by atoms with van der Waals surface area (Å²) in [6.45, 7) is 1.05. The summed E-state index contributed by atoms with van der Waals surface area (Å²) in [5.74, 6) is -4.16. The first-order valence-corrected chi connectivity index (χ1v) is 8.83. The van der Waals surface area contributed by atoms with Gasteiger partial charge in [0.25, 0.3) is 5.85 Å². The quantitative estimate of drug-likeness (QED) is 0.290. The molecule has 1 aliphatic rings. The number of benzene rings is 1. The molecule has 1 saturated heterocycles. The van der Waals surface area contributed by atoms with Gasteiger partial charge in [-0.25, -0.2) is 13.6 Å². The number of nitrogens with one attached hydrogen (secondary N) is 1. The van der Waals surface area contributed by atoms with Crippen molar-refractivity contribution < 1.29 is 27.8 Å². The van der Waals surface area contributed by atoms with E-state index in [9.17, 15) is 9.59 Å². The zero-order valence-electron chi connectivity index (χ0n) is 13.2. The minimum absolute atomic E-state index is 0.166. The van der Waals surface area contributed by atoms with Crippen molar-refractivity contribution in [2.45, 2.75) is 30.8 Å².